The molecule has 0 spiro atoms. The van der Waals surface area contributed by atoms with Crippen molar-refractivity contribution < 1.29 is 4.79 Å². The van der Waals surface area contributed by atoms with E-state index in [1.165, 1.54) is 0 Å². The van der Waals surface area contributed by atoms with Gasteiger partial charge in [-0.1, -0.05) is 12.1 Å². The molecule has 2 rings (SSSR count). The van der Waals surface area contributed by atoms with Crippen LogP contribution in [0.5, 0.6) is 0 Å². The molecule has 1 aliphatic carbocycles. The molecule has 0 heterocycles. The zero-order valence-electron chi connectivity index (χ0n) is 9.24. The van der Waals surface area contributed by atoms with Crippen molar-refractivity contribution in [2.75, 3.05) is 18.9 Å². The van der Waals surface area contributed by atoms with Crippen LogP contribution >= 0.6 is 22.6 Å². The Hall–Kier alpha value is -0.780. The van der Waals surface area contributed by atoms with Crippen LogP contribution in [0.2, 0.25) is 0 Å². The number of amides is 1. The maximum absolute atomic E-state index is 11.8. The molecule has 0 atom stereocenters. The highest BCUT2D eigenvalue weighted by atomic mass is 127. The van der Waals surface area contributed by atoms with Gasteiger partial charge >= 0.3 is 0 Å². The van der Waals surface area contributed by atoms with Crippen LogP contribution in [0.3, 0.4) is 0 Å². The van der Waals surface area contributed by atoms with Crippen LogP contribution in [0.1, 0.15) is 12.8 Å². The minimum absolute atomic E-state index is 0.169. The van der Waals surface area contributed by atoms with E-state index in [0.717, 1.165) is 22.1 Å². The van der Waals surface area contributed by atoms with Gasteiger partial charge in [-0.15, -0.1) is 0 Å². The Morgan fingerprint density at radius 3 is 2.81 bits per heavy atom. The van der Waals surface area contributed by atoms with Crippen molar-refractivity contribution in [2.45, 2.75) is 18.9 Å². The number of carbonyl (C=O) groups is 1. The smallest absolute Gasteiger partial charge is 0.241 e. The third kappa shape index (κ3) is 2.87. The van der Waals surface area contributed by atoms with E-state index in [1.807, 2.05) is 36.2 Å². The standard InChI is InChI=1S/C12H15IN2O/c1-15(9-6-7-9)12(16)8-14-11-5-3-2-4-10(11)13/h2-5,9,14H,6-8H2,1H3. The van der Waals surface area contributed by atoms with Crippen LogP contribution in [0.4, 0.5) is 5.69 Å². The molecule has 0 bridgehead atoms. The van der Waals surface area contributed by atoms with E-state index in [4.69, 9.17) is 0 Å². The summed E-state index contributed by atoms with van der Waals surface area (Å²) in [7, 11) is 1.89. The zero-order valence-corrected chi connectivity index (χ0v) is 11.4. The minimum atomic E-state index is 0.169. The summed E-state index contributed by atoms with van der Waals surface area (Å²) < 4.78 is 1.14. The van der Waals surface area contributed by atoms with E-state index < -0.39 is 0 Å². The summed E-state index contributed by atoms with van der Waals surface area (Å²) in [5, 5.41) is 3.18. The van der Waals surface area contributed by atoms with Gasteiger partial charge in [0.05, 0.1) is 6.54 Å². The summed E-state index contributed by atoms with van der Waals surface area (Å²) >= 11 is 2.26. The summed E-state index contributed by atoms with van der Waals surface area (Å²) in [6.07, 6.45) is 2.32. The average molecular weight is 330 g/mol. The minimum Gasteiger partial charge on any atom is -0.375 e. The number of nitrogens with one attached hydrogen (secondary N) is 1. The van der Waals surface area contributed by atoms with Crippen LogP contribution in [0.15, 0.2) is 24.3 Å². The lowest BCUT2D eigenvalue weighted by Crippen LogP contribution is -2.33. The number of hydrogen-bond acceptors (Lipinski definition) is 2. The summed E-state index contributed by atoms with van der Waals surface area (Å²) in [6, 6.07) is 8.47. The van der Waals surface area contributed by atoms with Crippen LogP contribution < -0.4 is 5.32 Å². The van der Waals surface area contributed by atoms with Gasteiger partial charge in [-0.05, 0) is 47.6 Å². The fraction of sp³-hybridized carbons (Fsp3) is 0.417. The Bertz CT molecular complexity index is 390. The van der Waals surface area contributed by atoms with E-state index in [2.05, 4.69) is 27.9 Å². The number of carbonyl (C=O) groups excluding carboxylic acids is 1. The van der Waals surface area contributed by atoms with Crippen molar-refractivity contribution in [1.82, 2.24) is 4.90 Å². The number of rotatable bonds is 4. The van der Waals surface area contributed by atoms with E-state index in [1.54, 1.807) is 0 Å². The second kappa shape index (κ2) is 5.03. The molecule has 0 saturated heterocycles. The van der Waals surface area contributed by atoms with Gasteiger partial charge < -0.3 is 10.2 Å². The molecule has 1 aromatic rings. The first-order valence-electron chi connectivity index (χ1n) is 5.42. The first-order chi connectivity index (χ1) is 7.68. The summed E-state index contributed by atoms with van der Waals surface area (Å²) in [5.41, 5.74) is 1.03. The second-order valence-corrected chi connectivity index (χ2v) is 5.23. The molecule has 16 heavy (non-hydrogen) atoms. The van der Waals surface area contributed by atoms with Gasteiger partial charge in [-0.2, -0.15) is 0 Å². The molecule has 0 aromatic heterocycles. The molecular formula is C12H15IN2O. The maximum Gasteiger partial charge on any atom is 0.241 e. The van der Waals surface area contributed by atoms with E-state index in [0.29, 0.717) is 12.6 Å². The van der Waals surface area contributed by atoms with Crippen LogP contribution in [-0.2, 0) is 4.79 Å². The number of para-hydroxylation sites is 1. The average Bonchev–Trinajstić information content (AvgIpc) is 3.10. The van der Waals surface area contributed by atoms with Gasteiger partial charge in [0.1, 0.15) is 0 Å². The highest BCUT2D eigenvalue weighted by Gasteiger charge is 2.29. The highest BCUT2D eigenvalue weighted by molar-refractivity contribution is 14.1. The molecule has 86 valence electrons. The summed E-state index contributed by atoms with van der Waals surface area (Å²) in [4.78, 5) is 13.6. The number of likely N-dealkylation sites (N-methyl/N-ethyl adjacent to an activating group) is 1. The normalized spacial score (nSPS) is 14.6. The number of halogens is 1. The molecule has 1 aliphatic rings. The predicted octanol–water partition coefficient (Wildman–Crippen LogP) is 2.32. The first kappa shape index (κ1) is 11.7. The molecule has 1 aromatic carbocycles. The van der Waals surface area contributed by atoms with Gasteiger partial charge in [0, 0.05) is 22.3 Å². The third-order valence-electron chi connectivity index (χ3n) is 2.79. The van der Waals surface area contributed by atoms with Crippen molar-refractivity contribution >= 4 is 34.2 Å². The summed E-state index contributed by atoms with van der Waals surface area (Å²) in [5.74, 6) is 0.169. The topological polar surface area (TPSA) is 32.3 Å². The number of anilines is 1. The van der Waals surface area contributed by atoms with Crippen molar-refractivity contribution in [3.8, 4) is 0 Å². The number of hydrogen-bond donors (Lipinski definition) is 1. The Balaban J connectivity index is 1.87. The molecule has 3 nitrogen and oxygen atoms in total. The van der Waals surface area contributed by atoms with Gasteiger partial charge in [0.25, 0.3) is 0 Å². The Morgan fingerprint density at radius 2 is 2.19 bits per heavy atom. The fourth-order valence-electron chi connectivity index (χ4n) is 1.57. The first-order valence-corrected chi connectivity index (χ1v) is 6.50. The van der Waals surface area contributed by atoms with E-state index >= 15 is 0 Å². The lowest BCUT2D eigenvalue weighted by Gasteiger charge is -2.17. The second-order valence-electron chi connectivity index (χ2n) is 4.07. The molecule has 4 heteroatoms. The molecule has 1 saturated carbocycles. The fourth-order valence-corrected chi connectivity index (χ4v) is 2.14. The SMILES string of the molecule is CN(C(=O)CNc1ccccc1I)C1CC1. The van der Waals surface area contributed by atoms with Gasteiger partial charge in [-0.3, -0.25) is 4.79 Å². The molecule has 1 fully saturated rings. The van der Waals surface area contributed by atoms with Crippen LogP contribution in [0, 0.1) is 3.57 Å². The monoisotopic (exact) mass is 330 g/mol. The molecule has 0 radical (unpaired) electrons. The van der Waals surface area contributed by atoms with Crippen molar-refractivity contribution in [3.63, 3.8) is 0 Å². The van der Waals surface area contributed by atoms with Crippen molar-refractivity contribution in [3.05, 3.63) is 27.8 Å². The maximum atomic E-state index is 11.8. The van der Waals surface area contributed by atoms with E-state index in [9.17, 15) is 4.79 Å². The lowest BCUT2D eigenvalue weighted by molar-refractivity contribution is -0.128. The largest absolute Gasteiger partial charge is 0.375 e. The zero-order chi connectivity index (χ0) is 11.5. The molecule has 1 amide bonds. The van der Waals surface area contributed by atoms with Crippen molar-refractivity contribution in [2.24, 2.45) is 0 Å². The Kier molecular flexibility index (Phi) is 3.68. The van der Waals surface area contributed by atoms with E-state index in [-0.39, 0.29) is 5.91 Å². The van der Waals surface area contributed by atoms with Crippen molar-refractivity contribution in [1.29, 1.82) is 0 Å². The Labute approximate surface area is 109 Å². The summed E-state index contributed by atoms with van der Waals surface area (Å²) in [6.45, 7) is 0.382. The number of nitrogens with zero attached hydrogens (tertiary/aromatic N) is 1. The van der Waals surface area contributed by atoms with Crippen LogP contribution in [0.25, 0.3) is 0 Å². The van der Waals surface area contributed by atoms with Crippen LogP contribution in [-0.4, -0.2) is 30.4 Å². The predicted molar refractivity (Wildman–Crippen MR) is 73.4 cm³/mol. The quantitative estimate of drug-likeness (QED) is 0.860. The Morgan fingerprint density at radius 1 is 1.50 bits per heavy atom. The molecule has 0 aliphatic heterocycles. The lowest BCUT2D eigenvalue weighted by atomic mass is 10.3. The number of benzene rings is 1. The molecular weight excluding hydrogens is 315 g/mol. The van der Waals surface area contributed by atoms with Gasteiger partial charge in [0.2, 0.25) is 5.91 Å². The third-order valence-corrected chi connectivity index (χ3v) is 3.73. The van der Waals surface area contributed by atoms with Gasteiger partial charge in [0.15, 0.2) is 0 Å². The highest BCUT2D eigenvalue weighted by Crippen LogP contribution is 2.25. The van der Waals surface area contributed by atoms with Gasteiger partial charge in [-0.25, -0.2) is 0 Å². The molecule has 1 N–H and O–H groups in total. The molecule has 0 unspecified atom stereocenters.